The molecule has 2 atom stereocenters. The van der Waals surface area contributed by atoms with E-state index in [1.165, 1.54) is 25.8 Å². The summed E-state index contributed by atoms with van der Waals surface area (Å²) in [6, 6.07) is 4.78. The molecular weight excluding hydrogens is 504 g/mol. The van der Waals surface area contributed by atoms with Gasteiger partial charge in [-0.15, -0.1) is 0 Å². The lowest BCUT2D eigenvalue weighted by molar-refractivity contribution is -0.189. The maximum atomic E-state index is 13.9. The average molecular weight is 531 g/mol. The van der Waals surface area contributed by atoms with Crippen LogP contribution in [0.4, 0.5) is 34.8 Å². The highest BCUT2D eigenvalue weighted by Gasteiger charge is 2.38. The summed E-state index contributed by atoms with van der Waals surface area (Å²) < 4.78 is 84.2. The monoisotopic (exact) mass is 530 g/mol. The van der Waals surface area contributed by atoms with E-state index in [-0.39, 0.29) is 30.5 Å². The maximum Gasteiger partial charge on any atom is 0.425 e. The maximum absolute atomic E-state index is 13.9. The van der Waals surface area contributed by atoms with E-state index < -0.39 is 27.8 Å². The third-order valence-electron chi connectivity index (χ3n) is 4.94. The van der Waals surface area contributed by atoms with Crippen molar-refractivity contribution in [3.63, 3.8) is 0 Å². The van der Waals surface area contributed by atoms with Crippen LogP contribution in [-0.4, -0.2) is 58.9 Å². The van der Waals surface area contributed by atoms with Gasteiger partial charge in [0.1, 0.15) is 36.1 Å². The molecule has 0 bridgehead atoms. The minimum absolute atomic E-state index is 0.0605. The standard InChI is InChI=1S/C23H26F4N4O4S/c1-13-20-17(11-18(31-36(4,5)32)21(13)34-9-8-33-3)28-12-29-22(20)30-16-7-6-15(24)10-19(16)35-14(2)23(25,26)27/h6-7,10-12,14H,4,8-9H2,1-3,5H3,(H,31,32)(H,28,29,30). The Kier molecular flexibility index (Phi) is 8.14. The number of aromatic nitrogens is 2. The summed E-state index contributed by atoms with van der Waals surface area (Å²) in [6.07, 6.45) is -4.15. The fourth-order valence-electron chi connectivity index (χ4n) is 3.29. The highest BCUT2D eigenvalue weighted by molar-refractivity contribution is 8.00. The number of anilines is 3. The van der Waals surface area contributed by atoms with Crippen LogP contribution in [-0.2, 0) is 14.4 Å². The van der Waals surface area contributed by atoms with Gasteiger partial charge in [-0.05, 0) is 37.9 Å². The number of hydrogen-bond donors (Lipinski definition) is 2. The van der Waals surface area contributed by atoms with Crippen molar-refractivity contribution in [1.29, 1.82) is 0 Å². The van der Waals surface area contributed by atoms with Gasteiger partial charge in [-0.3, -0.25) is 0 Å². The Labute approximate surface area is 206 Å². The number of halogens is 4. The number of methoxy groups -OCH3 is 1. The first kappa shape index (κ1) is 27.3. The lowest BCUT2D eigenvalue weighted by Crippen LogP contribution is -2.31. The quantitative estimate of drug-likeness (QED) is 0.220. The van der Waals surface area contributed by atoms with Gasteiger partial charge in [0.25, 0.3) is 0 Å². The Morgan fingerprint density at radius 3 is 2.53 bits per heavy atom. The van der Waals surface area contributed by atoms with Crippen molar-refractivity contribution in [2.45, 2.75) is 26.1 Å². The first-order valence-electron chi connectivity index (χ1n) is 10.6. The Balaban J connectivity index is 2.11. The van der Waals surface area contributed by atoms with Crippen molar-refractivity contribution in [3.05, 3.63) is 42.0 Å². The van der Waals surface area contributed by atoms with Crippen molar-refractivity contribution in [3.8, 4) is 11.5 Å². The zero-order chi connectivity index (χ0) is 26.7. The predicted octanol–water partition coefficient (Wildman–Crippen LogP) is 4.85. The predicted molar refractivity (Wildman–Crippen MR) is 132 cm³/mol. The van der Waals surface area contributed by atoms with Gasteiger partial charge in [0, 0.05) is 40.1 Å². The first-order chi connectivity index (χ1) is 16.8. The van der Waals surface area contributed by atoms with Crippen molar-refractivity contribution in [2.75, 3.05) is 36.6 Å². The van der Waals surface area contributed by atoms with Gasteiger partial charge < -0.3 is 24.2 Å². The van der Waals surface area contributed by atoms with E-state index in [1.807, 2.05) is 0 Å². The molecule has 0 radical (unpaired) electrons. The van der Waals surface area contributed by atoms with Crippen LogP contribution in [0.1, 0.15) is 12.5 Å². The average Bonchev–Trinajstić information content (AvgIpc) is 2.76. The van der Waals surface area contributed by atoms with Crippen molar-refractivity contribution >= 4 is 43.7 Å². The number of alkyl halides is 3. The minimum Gasteiger partial charge on any atom is -0.489 e. The second-order valence-electron chi connectivity index (χ2n) is 8.01. The SMILES string of the molecule is C=S(C)(=O)Nc1cc2ncnc(Nc3ccc(F)cc3OC(C)C(F)(F)F)c2c(C)c1OCCOC. The Morgan fingerprint density at radius 1 is 1.17 bits per heavy atom. The summed E-state index contributed by atoms with van der Waals surface area (Å²) in [5.74, 6) is 3.05. The lowest BCUT2D eigenvalue weighted by Gasteiger charge is -2.21. The van der Waals surface area contributed by atoms with E-state index in [4.69, 9.17) is 14.2 Å². The summed E-state index contributed by atoms with van der Waals surface area (Å²) in [5.41, 5.74) is 1.41. The molecule has 2 N–H and O–H groups in total. The molecule has 1 heterocycles. The second kappa shape index (κ2) is 10.7. The molecule has 3 aromatic rings. The number of nitrogens with zero attached hydrogens (tertiary/aromatic N) is 2. The summed E-state index contributed by atoms with van der Waals surface area (Å²) in [5, 5.41) is 3.40. The van der Waals surface area contributed by atoms with E-state index in [9.17, 15) is 21.8 Å². The topological polar surface area (TPSA) is 94.6 Å². The van der Waals surface area contributed by atoms with Gasteiger partial charge in [0.2, 0.25) is 0 Å². The van der Waals surface area contributed by atoms with Crippen molar-refractivity contribution in [1.82, 2.24) is 9.97 Å². The molecule has 13 heteroatoms. The van der Waals surface area contributed by atoms with Crippen molar-refractivity contribution < 1.29 is 36.0 Å². The number of rotatable bonds is 10. The molecule has 0 fully saturated rings. The molecule has 36 heavy (non-hydrogen) atoms. The highest BCUT2D eigenvalue weighted by Crippen LogP contribution is 2.40. The van der Waals surface area contributed by atoms with E-state index in [0.717, 1.165) is 19.1 Å². The minimum atomic E-state index is -4.65. The number of hydrogen-bond acceptors (Lipinski definition) is 7. The number of fused-ring (bicyclic) bond motifs is 1. The van der Waals surface area contributed by atoms with Gasteiger partial charge in [-0.2, -0.15) is 13.2 Å². The van der Waals surface area contributed by atoms with Gasteiger partial charge in [-0.1, -0.05) is 0 Å². The molecule has 0 aliphatic heterocycles. The summed E-state index contributed by atoms with van der Waals surface area (Å²) in [7, 11) is -1.16. The highest BCUT2D eigenvalue weighted by atomic mass is 32.2. The Morgan fingerprint density at radius 2 is 1.89 bits per heavy atom. The molecule has 0 aliphatic rings. The summed E-state index contributed by atoms with van der Waals surface area (Å²) in [4.78, 5) is 8.50. The number of ether oxygens (including phenoxy) is 3. The number of nitrogens with one attached hydrogen (secondary N) is 2. The third kappa shape index (κ3) is 6.66. The van der Waals surface area contributed by atoms with E-state index >= 15 is 0 Å². The molecule has 0 saturated heterocycles. The van der Waals surface area contributed by atoms with Gasteiger partial charge in [-0.25, -0.2) is 18.6 Å². The van der Waals surface area contributed by atoms with Crippen LogP contribution in [0.15, 0.2) is 30.6 Å². The zero-order valence-corrected chi connectivity index (χ0v) is 20.8. The fourth-order valence-corrected chi connectivity index (χ4v) is 3.91. The Hall–Kier alpha value is -3.32. The van der Waals surface area contributed by atoms with E-state index in [1.54, 1.807) is 13.0 Å². The molecule has 0 aliphatic carbocycles. The molecule has 0 spiro atoms. The van der Waals surface area contributed by atoms with E-state index in [0.29, 0.717) is 27.9 Å². The fraction of sp³-hybridized carbons (Fsp3) is 0.348. The molecule has 196 valence electrons. The normalized spacial score (nSPS) is 14.2. The van der Waals surface area contributed by atoms with Crippen LogP contribution < -0.4 is 19.5 Å². The smallest absolute Gasteiger partial charge is 0.425 e. The number of aryl methyl sites for hydroxylation is 1. The van der Waals surface area contributed by atoms with Crippen molar-refractivity contribution in [2.24, 2.45) is 0 Å². The molecular formula is C23H26F4N4O4S. The van der Waals surface area contributed by atoms with Crippen LogP contribution >= 0.6 is 0 Å². The molecule has 2 unspecified atom stereocenters. The molecule has 8 nitrogen and oxygen atoms in total. The van der Waals surface area contributed by atoms with Crippen LogP contribution in [0.3, 0.4) is 0 Å². The van der Waals surface area contributed by atoms with Crippen LogP contribution in [0, 0.1) is 12.7 Å². The Bertz CT molecular complexity index is 1350. The van der Waals surface area contributed by atoms with E-state index in [2.05, 4.69) is 25.9 Å². The lowest BCUT2D eigenvalue weighted by atomic mass is 10.1. The molecule has 3 rings (SSSR count). The first-order valence-corrected chi connectivity index (χ1v) is 12.7. The molecule has 0 saturated carbocycles. The van der Waals surface area contributed by atoms with Crippen LogP contribution in [0.5, 0.6) is 11.5 Å². The van der Waals surface area contributed by atoms with Gasteiger partial charge >= 0.3 is 6.18 Å². The molecule has 1 aromatic heterocycles. The van der Waals surface area contributed by atoms with Crippen LogP contribution in [0.25, 0.3) is 10.9 Å². The zero-order valence-electron chi connectivity index (χ0n) is 20.0. The van der Waals surface area contributed by atoms with Crippen LogP contribution in [0.2, 0.25) is 0 Å². The molecule has 0 amide bonds. The van der Waals surface area contributed by atoms with Gasteiger partial charge in [0.05, 0.1) is 23.5 Å². The largest absolute Gasteiger partial charge is 0.489 e. The van der Waals surface area contributed by atoms with Gasteiger partial charge in [0.15, 0.2) is 6.10 Å². The third-order valence-corrected chi connectivity index (χ3v) is 5.59. The second-order valence-corrected chi connectivity index (χ2v) is 10.2. The summed E-state index contributed by atoms with van der Waals surface area (Å²) in [6.45, 7) is 3.01. The summed E-state index contributed by atoms with van der Waals surface area (Å²) >= 11 is 0. The molecule has 2 aromatic carbocycles. The number of benzene rings is 2.